The molecule has 0 radical (unpaired) electrons. The largest absolute Gasteiger partial charge is 0.339 e. The van der Waals surface area contributed by atoms with Crippen molar-refractivity contribution in [2.75, 3.05) is 18.0 Å². The molecule has 0 saturated carbocycles. The fourth-order valence-electron chi connectivity index (χ4n) is 0.404. The third-order valence-corrected chi connectivity index (χ3v) is 2.70. The van der Waals surface area contributed by atoms with E-state index in [1.807, 2.05) is 6.26 Å². The zero-order valence-electron chi connectivity index (χ0n) is 7.05. The zero-order valence-corrected chi connectivity index (χ0v) is 8.68. The molecule has 70 valence electrons. The molecule has 0 bridgehead atoms. The molecule has 0 rings (SSSR count). The van der Waals surface area contributed by atoms with E-state index in [1.165, 1.54) is 18.7 Å². The summed E-state index contributed by atoms with van der Waals surface area (Å²) in [5.74, 6) is -0.148. The van der Waals surface area contributed by atoms with E-state index in [0.717, 1.165) is 5.08 Å². The monoisotopic (exact) mass is 208 g/mol. The van der Waals surface area contributed by atoms with Crippen molar-refractivity contribution < 1.29 is 9.59 Å². The maximum atomic E-state index is 10.9. The zero-order chi connectivity index (χ0) is 9.40. The minimum absolute atomic E-state index is 0.113. The first-order valence-electron chi connectivity index (χ1n) is 3.31. The maximum Gasteiger partial charge on any atom is 0.281 e. The third kappa shape index (κ3) is 7.74. The maximum absolute atomic E-state index is 10.9. The van der Waals surface area contributed by atoms with Gasteiger partial charge in [0.1, 0.15) is 0 Å². The minimum Gasteiger partial charge on any atom is -0.339 e. The molecule has 0 aromatic heterocycles. The number of hydrogen-bond acceptors (Lipinski definition) is 4. The van der Waals surface area contributed by atoms with E-state index >= 15 is 0 Å². The first-order chi connectivity index (χ1) is 5.66. The van der Waals surface area contributed by atoms with Crippen LogP contribution in [0.25, 0.3) is 0 Å². The molecule has 0 aliphatic carbocycles. The van der Waals surface area contributed by atoms with E-state index in [9.17, 15) is 9.59 Å². The van der Waals surface area contributed by atoms with Crippen molar-refractivity contribution in [3.8, 4) is 0 Å². The van der Waals surface area contributed by atoms with Crippen molar-refractivity contribution in [3.63, 3.8) is 0 Å². The molecule has 12 heavy (non-hydrogen) atoms. The number of amides is 2. The number of rotatable bonds is 4. The van der Waals surface area contributed by atoms with Crippen molar-refractivity contribution in [1.29, 1.82) is 0 Å². The first-order valence-corrected chi connectivity index (χ1v) is 5.68. The molecule has 0 fully saturated rings. The Bertz CT molecular complexity index is 164. The van der Waals surface area contributed by atoms with Gasteiger partial charge in [0.25, 0.3) is 5.24 Å². The number of thioether (sulfide) groups is 2. The van der Waals surface area contributed by atoms with E-state index in [2.05, 4.69) is 10.6 Å². The van der Waals surface area contributed by atoms with Gasteiger partial charge in [-0.05, 0) is 6.26 Å². The van der Waals surface area contributed by atoms with Gasteiger partial charge < -0.3 is 10.6 Å². The Balaban J connectivity index is 3.25. The lowest BCUT2D eigenvalue weighted by molar-refractivity contribution is -0.118. The van der Waals surface area contributed by atoms with Crippen molar-refractivity contribution in [1.82, 2.24) is 10.6 Å². The third-order valence-electron chi connectivity index (χ3n) is 0.878. The molecule has 0 aliphatic rings. The summed E-state index contributed by atoms with van der Waals surface area (Å²) in [5.41, 5.74) is 0. The summed E-state index contributed by atoms with van der Waals surface area (Å²) >= 11 is 2.77. The molecule has 0 unspecified atom stereocenters. The molecule has 0 heterocycles. The SMILES string of the molecule is CSCSC(=O)NCNC(C)=O. The normalized spacial score (nSPS) is 9.17. The highest BCUT2D eigenvalue weighted by Crippen LogP contribution is 2.08. The van der Waals surface area contributed by atoms with Crippen molar-refractivity contribution in [2.24, 2.45) is 0 Å². The highest BCUT2D eigenvalue weighted by molar-refractivity contribution is 8.23. The van der Waals surface area contributed by atoms with Crippen LogP contribution in [0.3, 0.4) is 0 Å². The van der Waals surface area contributed by atoms with E-state index < -0.39 is 0 Å². The summed E-state index contributed by atoms with van der Waals surface area (Å²) in [4.78, 5) is 21.2. The standard InChI is InChI=1S/C6H12N2O2S2/c1-5(9)7-3-8-6(10)12-4-11-2/h3-4H2,1-2H3,(H,7,9)(H,8,10). The molecular weight excluding hydrogens is 196 g/mol. The van der Waals surface area contributed by atoms with Gasteiger partial charge >= 0.3 is 0 Å². The van der Waals surface area contributed by atoms with E-state index in [0.29, 0.717) is 0 Å². The number of nitrogens with one attached hydrogen (secondary N) is 2. The van der Waals surface area contributed by atoms with Crippen LogP contribution < -0.4 is 10.6 Å². The fourth-order valence-corrected chi connectivity index (χ4v) is 1.48. The summed E-state index contributed by atoms with van der Waals surface area (Å²) in [6, 6.07) is 0. The summed E-state index contributed by atoms with van der Waals surface area (Å²) in [7, 11) is 0. The lowest BCUT2D eigenvalue weighted by Gasteiger charge is -2.03. The van der Waals surface area contributed by atoms with Crippen LogP contribution in [0.2, 0.25) is 0 Å². The molecule has 0 spiro atoms. The van der Waals surface area contributed by atoms with Crippen molar-refractivity contribution in [3.05, 3.63) is 0 Å². The van der Waals surface area contributed by atoms with Gasteiger partial charge in [0.15, 0.2) is 0 Å². The Kier molecular flexibility index (Phi) is 7.08. The van der Waals surface area contributed by atoms with Crippen LogP contribution in [0.15, 0.2) is 0 Å². The highest BCUT2D eigenvalue weighted by Gasteiger charge is 1.99. The molecule has 0 aliphatic heterocycles. The molecular formula is C6H12N2O2S2. The van der Waals surface area contributed by atoms with Gasteiger partial charge in [-0.15, -0.1) is 0 Å². The molecule has 0 aromatic rings. The van der Waals surface area contributed by atoms with Crippen LogP contribution in [0.4, 0.5) is 4.79 Å². The number of carbonyl (C=O) groups excluding carboxylic acids is 2. The average molecular weight is 208 g/mol. The van der Waals surface area contributed by atoms with Crippen molar-refractivity contribution >= 4 is 34.7 Å². The van der Waals surface area contributed by atoms with Crippen LogP contribution in [0, 0.1) is 0 Å². The molecule has 0 saturated heterocycles. The van der Waals surface area contributed by atoms with E-state index in [1.54, 1.807) is 11.8 Å². The summed E-state index contributed by atoms with van der Waals surface area (Å²) in [5, 5.41) is 5.60. The van der Waals surface area contributed by atoms with Gasteiger partial charge in [0.05, 0.1) is 6.67 Å². The molecule has 6 heteroatoms. The summed E-state index contributed by atoms with van der Waals surface area (Å²) in [6.07, 6.45) is 1.92. The Morgan fingerprint density at radius 3 is 2.50 bits per heavy atom. The predicted octanol–water partition coefficient (Wildman–Crippen LogP) is 0.843. The Hall–Kier alpha value is -0.360. The van der Waals surface area contributed by atoms with Crippen LogP contribution in [0.1, 0.15) is 6.92 Å². The van der Waals surface area contributed by atoms with E-state index in [-0.39, 0.29) is 17.8 Å². The van der Waals surface area contributed by atoms with Gasteiger partial charge in [-0.25, -0.2) is 0 Å². The molecule has 2 N–H and O–H groups in total. The lowest BCUT2D eigenvalue weighted by atomic mass is 10.7. The van der Waals surface area contributed by atoms with Crippen LogP contribution in [0.5, 0.6) is 0 Å². The van der Waals surface area contributed by atoms with Gasteiger partial charge in [-0.3, -0.25) is 9.59 Å². The minimum atomic E-state index is -0.148. The van der Waals surface area contributed by atoms with E-state index in [4.69, 9.17) is 0 Å². The Morgan fingerprint density at radius 1 is 1.33 bits per heavy atom. The fraction of sp³-hybridized carbons (Fsp3) is 0.667. The predicted molar refractivity (Wildman–Crippen MR) is 53.2 cm³/mol. The van der Waals surface area contributed by atoms with Gasteiger partial charge in [-0.1, -0.05) is 11.8 Å². The first kappa shape index (κ1) is 11.6. The Morgan fingerprint density at radius 2 is 2.00 bits per heavy atom. The van der Waals surface area contributed by atoms with Crippen LogP contribution in [-0.4, -0.2) is 29.2 Å². The molecule has 4 nitrogen and oxygen atoms in total. The molecule has 0 aromatic carbocycles. The second kappa shape index (κ2) is 7.30. The molecule has 2 amide bonds. The highest BCUT2D eigenvalue weighted by atomic mass is 32.2. The lowest BCUT2D eigenvalue weighted by Crippen LogP contribution is -2.34. The number of carbonyl (C=O) groups is 2. The average Bonchev–Trinajstić information content (AvgIpc) is 2.00. The van der Waals surface area contributed by atoms with Gasteiger partial charge in [0, 0.05) is 12.0 Å². The van der Waals surface area contributed by atoms with Gasteiger partial charge in [0.2, 0.25) is 5.91 Å². The van der Waals surface area contributed by atoms with Crippen molar-refractivity contribution in [2.45, 2.75) is 6.92 Å². The topological polar surface area (TPSA) is 58.2 Å². The second-order valence-electron chi connectivity index (χ2n) is 1.92. The number of hydrogen-bond donors (Lipinski definition) is 2. The van der Waals surface area contributed by atoms with Crippen LogP contribution in [-0.2, 0) is 4.79 Å². The second-order valence-corrected chi connectivity index (χ2v) is 4.10. The Labute approximate surface area is 80.2 Å². The smallest absolute Gasteiger partial charge is 0.281 e. The summed E-state index contributed by atoms with van der Waals surface area (Å²) in [6.45, 7) is 1.61. The summed E-state index contributed by atoms with van der Waals surface area (Å²) < 4.78 is 0. The molecule has 0 atom stereocenters. The van der Waals surface area contributed by atoms with Crippen LogP contribution >= 0.6 is 23.5 Å². The quantitative estimate of drug-likeness (QED) is 0.672. The van der Waals surface area contributed by atoms with Gasteiger partial charge in [-0.2, -0.15) is 11.8 Å².